The van der Waals surface area contributed by atoms with Gasteiger partial charge in [0.1, 0.15) is 6.61 Å². The number of aromatic carboxylic acids is 1. The van der Waals surface area contributed by atoms with Crippen LogP contribution in [0.1, 0.15) is 21.5 Å². The van der Waals surface area contributed by atoms with Crippen molar-refractivity contribution in [3.05, 3.63) is 34.9 Å². The van der Waals surface area contributed by atoms with Crippen LogP contribution in [0.4, 0.5) is 0 Å². The fourth-order valence-corrected chi connectivity index (χ4v) is 2.42. The Hall–Kier alpha value is -1.92. The molecule has 1 aromatic carbocycles. The molecule has 1 amide bonds. The van der Waals surface area contributed by atoms with Crippen LogP contribution in [0.3, 0.4) is 0 Å². The molecule has 0 aliphatic carbocycles. The normalized spacial score (nSPS) is 13.9. The van der Waals surface area contributed by atoms with E-state index in [1.807, 2.05) is 6.07 Å². The molecule has 0 unspecified atom stereocenters. The highest BCUT2D eigenvalue weighted by Crippen LogP contribution is 2.22. The highest BCUT2D eigenvalue weighted by atomic mass is 16.5. The Morgan fingerprint density at radius 2 is 2.14 bits per heavy atom. The van der Waals surface area contributed by atoms with Gasteiger partial charge in [-0.25, -0.2) is 4.79 Å². The van der Waals surface area contributed by atoms with Crippen molar-refractivity contribution in [2.75, 3.05) is 33.5 Å². The molecule has 0 fully saturated rings. The molecule has 1 N–H and O–H groups in total. The van der Waals surface area contributed by atoms with Crippen molar-refractivity contribution in [1.82, 2.24) is 4.90 Å². The lowest BCUT2D eigenvalue weighted by atomic mass is 9.94. The van der Waals surface area contributed by atoms with E-state index >= 15 is 0 Å². The molecule has 6 nitrogen and oxygen atoms in total. The maximum Gasteiger partial charge on any atom is 0.335 e. The molecule has 0 saturated heterocycles. The number of carbonyl (C=O) groups excluding carboxylic acids is 1. The lowest BCUT2D eigenvalue weighted by molar-refractivity contribution is -0.137. The lowest BCUT2D eigenvalue weighted by Crippen LogP contribution is -2.38. The molecule has 0 saturated carbocycles. The number of nitrogens with zero attached hydrogens (tertiary/aromatic N) is 1. The summed E-state index contributed by atoms with van der Waals surface area (Å²) in [5, 5.41) is 9.17. The predicted molar refractivity (Wildman–Crippen MR) is 75.2 cm³/mol. The largest absolute Gasteiger partial charge is 0.478 e. The van der Waals surface area contributed by atoms with Crippen LogP contribution in [0.15, 0.2) is 18.2 Å². The number of carboxylic acids is 1. The Balaban J connectivity index is 1.98. The number of benzene rings is 1. The number of hydrogen-bond donors (Lipinski definition) is 1. The number of hydrogen-bond acceptors (Lipinski definition) is 4. The summed E-state index contributed by atoms with van der Waals surface area (Å²) in [4.78, 5) is 24.9. The number of carboxylic acid groups (broad SMARTS) is 1. The molecule has 2 rings (SSSR count). The number of methoxy groups -OCH3 is 1. The maximum atomic E-state index is 12.0. The minimum Gasteiger partial charge on any atom is -0.478 e. The molecule has 21 heavy (non-hydrogen) atoms. The van der Waals surface area contributed by atoms with Gasteiger partial charge in [0.15, 0.2) is 0 Å². The molecule has 1 heterocycles. The van der Waals surface area contributed by atoms with Gasteiger partial charge in [-0.3, -0.25) is 4.79 Å². The lowest BCUT2D eigenvalue weighted by Gasteiger charge is -2.29. The number of rotatable bonds is 6. The van der Waals surface area contributed by atoms with Crippen LogP contribution >= 0.6 is 0 Å². The van der Waals surface area contributed by atoms with E-state index in [4.69, 9.17) is 9.47 Å². The van der Waals surface area contributed by atoms with Crippen molar-refractivity contribution in [2.45, 2.75) is 13.0 Å². The van der Waals surface area contributed by atoms with Crippen LogP contribution in [0.2, 0.25) is 0 Å². The monoisotopic (exact) mass is 293 g/mol. The van der Waals surface area contributed by atoms with Crippen LogP contribution in [-0.4, -0.2) is 55.4 Å². The highest BCUT2D eigenvalue weighted by Gasteiger charge is 2.23. The average molecular weight is 293 g/mol. The number of carbonyl (C=O) groups is 2. The quantitative estimate of drug-likeness (QED) is 0.790. The fraction of sp³-hybridized carbons (Fsp3) is 0.467. The van der Waals surface area contributed by atoms with Crippen molar-refractivity contribution in [2.24, 2.45) is 0 Å². The first kappa shape index (κ1) is 15.5. The van der Waals surface area contributed by atoms with Gasteiger partial charge in [-0.1, -0.05) is 12.1 Å². The van der Waals surface area contributed by atoms with E-state index in [1.54, 1.807) is 24.1 Å². The molecule has 114 valence electrons. The summed E-state index contributed by atoms with van der Waals surface area (Å²) in [6.45, 7) is 1.82. The highest BCUT2D eigenvalue weighted by molar-refractivity contribution is 5.90. The molecule has 1 aliphatic heterocycles. The molecule has 0 atom stereocenters. The molecule has 1 aliphatic rings. The zero-order valence-electron chi connectivity index (χ0n) is 12.0. The van der Waals surface area contributed by atoms with Crippen LogP contribution in [-0.2, 0) is 27.2 Å². The molecule has 0 spiro atoms. The summed E-state index contributed by atoms with van der Waals surface area (Å²) in [6, 6.07) is 5.19. The Morgan fingerprint density at radius 1 is 1.33 bits per heavy atom. The standard InChI is InChI=1S/C15H19NO5/c1-20-7-8-21-10-14(17)16-6-5-12-11(9-16)3-2-4-13(12)15(18)19/h2-4H,5-10H2,1H3,(H,18,19). The number of fused-ring (bicyclic) bond motifs is 1. The van der Waals surface area contributed by atoms with Gasteiger partial charge in [0.2, 0.25) is 5.91 Å². The first-order valence-corrected chi connectivity index (χ1v) is 6.82. The zero-order valence-corrected chi connectivity index (χ0v) is 12.0. The first-order chi connectivity index (χ1) is 10.1. The van der Waals surface area contributed by atoms with Crippen LogP contribution in [0, 0.1) is 0 Å². The van der Waals surface area contributed by atoms with Crippen LogP contribution < -0.4 is 0 Å². The van der Waals surface area contributed by atoms with Crippen molar-refractivity contribution < 1.29 is 24.2 Å². The van der Waals surface area contributed by atoms with Gasteiger partial charge < -0.3 is 19.5 Å². The Labute approximate surface area is 123 Å². The summed E-state index contributed by atoms with van der Waals surface area (Å²) >= 11 is 0. The summed E-state index contributed by atoms with van der Waals surface area (Å²) in [7, 11) is 1.58. The summed E-state index contributed by atoms with van der Waals surface area (Å²) in [5.74, 6) is -1.01. The minimum atomic E-state index is -0.922. The molecule has 0 bridgehead atoms. The van der Waals surface area contributed by atoms with Crippen molar-refractivity contribution >= 4 is 11.9 Å². The first-order valence-electron chi connectivity index (χ1n) is 6.82. The molecular weight excluding hydrogens is 274 g/mol. The topological polar surface area (TPSA) is 76.1 Å². The van der Waals surface area contributed by atoms with Gasteiger partial charge in [-0.15, -0.1) is 0 Å². The third-order valence-corrected chi connectivity index (χ3v) is 3.51. The van der Waals surface area contributed by atoms with Gasteiger partial charge in [0, 0.05) is 20.2 Å². The second-order valence-corrected chi connectivity index (χ2v) is 4.86. The second-order valence-electron chi connectivity index (χ2n) is 4.86. The van der Waals surface area contributed by atoms with E-state index in [2.05, 4.69) is 0 Å². The fourth-order valence-electron chi connectivity index (χ4n) is 2.42. The molecule has 0 aromatic heterocycles. The van der Waals surface area contributed by atoms with Crippen molar-refractivity contribution in [3.63, 3.8) is 0 Å². The number of ether oxygens (including phenoxy) is 2. The van der Waals surface area contributed by atoms with E-state index < -0.39 is 5.97 Å². The van der Waals surface area contributed by atoms with Gasteiger partial charge in [0.25, 0.3) is 0 Å². The predicted octanol–water partition coefficient (Wildman–Crippen LogP) is 0.932. The molecule has 6 heteroatoms. The number of amides is 1. The SMILES string of the molecule is COCCOCC(=O)N1CCc2c(cccc2C(=O)O)C1. The smallest absolute Gasteiger partial charge is 0.335 e. The van der Waals surface area contributed by atoms with E-state index in [-0.39, 0.29) is 12.5 Å². The maximum absolute atomic E-state index is 12.0. The van der Waals surface area contributed by atoms with E-state index in [0.717, 1.165) is 11.1 Å². The zero-order chi connectivity index (χ0) is 15.2. The van der Waals surface area contributed by atoms with E-state index in [1.165, 1.54) is 0 Å². The second kappa shape index (κ2) is 7.19. The third kappa shape index (κ3) is 3.80. The van der Waals surface area contributed by atoms with Gasteiger partial charge in [0.05, 0.1) is 18.8 Å². The summed E-state index contributed by atoms with van der Waals surface area (Å²) in [5.41, 5.74) is 2.05. The van der Waals surface area contributed by atoms with Crippen molar-refractivity contribution in [1.29, 1.82) is 0 Å². The van der Waals surface area contributed by atoms with Gasteiger partial charge in [-0.2, -0.15) is 0 Å². The molecular formula is C15H19NO5. The Bertz CT molecular complexity index is 529. The summed E-state index contributed by atoms with van der Waals surface area (Å²) < 4.78 is 10.1. The van der Waals surface area contributed by atoms with E-state index in [0.29, 0.717) is 38.3 Å². The van der Waals surface area contributed by atoms with Crippen LogP contribution in [0.25, 0.3) is 0 Å². The Morgan fingerprint density at radius 3 is 2.86 bits per heavy atom. The van der Waals surface area contributed by atoms with Gasteiger partial charge in [-0.05, 0) is 23.6 Å². The molecule has 1 aromatic rings. The third-order valence-electron chi connectivity index (χ3n) is 3.51. The van der Waals surface area contributed by atoms with Crippen molar-refractivity contribution in [3.8, 4) is 0 Å². The van der Waals surface area contributed by atoms with E-state index in [9.17, 15) is 14.7 Å². The summed E-state index contributed by atoms with van der Waals surface area (Å²) in [6.07, 6.45) is 0.557. The Kier molecular flexibility index (Phi) is 5.30. The van der Waals surface area contributed by atoms with Gasteiger partial charge >= 0.3 is 5.97 Å². The van der Waals surface area contributed by atoms with Crippen LogP contribution in [0.5, 0.6) is 0 Å². The molecule has 0 radical (unpaired) electrons. The average Bonchev–Trinajstić information content (AvgIpc) is 2.50. The minimum absolute atomic E-state index is 0.0251.